The number of hydrogen-bond donors (Lipinski definition) is 1. The van der Waals surface area contributed by atoms with Crippen molar-refractivity contribution in [3.63, 3.8) is 0 Å². The van der Waals surface area contributed by atoms with Crippen molar-refractivity contribution in [2.45, 2.75) is 37.5 Å². The Morgan fingerprint density at radius 3 is 2.07 bits per heavy atom. The first-order valence-corrected chi connectivity index (χ1v) is 11.5. The molecule has 0 fully saturated rings. The number of amides is 2. The lowest BCUT2D eigenvalue weighted by Crippen LogP contribution is -2.31. The highest BCUT2D eigenvalue weighted by Gasteiger charge is 2.39. The first-order chi connectivity index (χ1) is 13.6. The average Bonchev–Trinajstić information content (AvgIpc) is 2.86. The van der Waals surface area contributed by atoms with Crippen molar-refractivity contribution in [3.8, 4) is 0 Å². The molecule has 1 heterocycles. The SMILES string of the molecule is Cc1ccc(C2=C(SC(C)C)C(=O)N(Cc3ccc(S(N)(=O)=O)cc3)C2=O)cc1. The van der Waals surface area contributed by atoms with Gasteiger partial charge in [0.25, 0.3) is 11.8 Å². The second-order valence-electron chi connectivity index (χ2n) is 7.12. The van der Waals surface area contributed by atoms with Gasteiger partial charge in [-0.1, -0.05) is 55.8 Å². The van der Waals surface area contributed by atoms with Gasteiger partial charge in [0.15, 0.2) is 0 Å². The fourth-order valence-corrected chi connectivity index (χ4v) is 4.51. The van der Waals surface area contributed by atoms with Crippen molar-refractivity contribution in [1.29, 1.82) is 0 Å². The molecule has 0 aliphatic carbocycles. The molecule has 2 N–H and O–H groups in total. The highest BCUT2D eigenvalue weighted by molar-refractivity contribution is 8.04. The molecule has 3 rings (SSSR count). The number of rotatable bonds is 6. The van der Waals surface area contributed by atoms with E-state index in [0.717, 1.165) is 5.56 Å². The molecule has 1 aliphatic rings. The number of nitrogens with two attached hydrogens (primary N) is 1. The van der Waals surface area contributed by atoms with Crippen LogP contribution in [0.5, 0.6) is 0 Å². The van der Waals surface area contributed by atoms with Gasteiger partial charge in [0.1, 0.15) is 0 Å². The minimum Gasteiger partial charge on any atom is -0.269 e. The maximum atomic E-state index is 13.1. The largest absolute Gasteiger partial charge is 0.269 e. The topological polar surface area (TPSA) is 97.5 Å². The quantitative estimate of drug-likeness (QED) is 0.711. The van der Waals surface area contributed by atoms with Gasteiger partial charge < -0.3 is 0 Å². The molecule has 0 bridgehead atoms. The van der Waals surface area contributed by atoms with Gasteiger partial charge in [-0.05, 0) is 30.2 Å². The Labute approximate surface area is 174 Å². The van der Waals surface area contributed by atoms with Crippen LogP contribution >= 0.6 is 11.8 Å². The number of benzene rings is 2. The molecule has 0 atom stereocenters. The lowest BCUT2D eigenvalue weighted by molar-refractivity contribution is -0.137. The van der Waals surface area contributed by atoms with E-state index >= 15 is 0 Å². The number of carbonyl (C=O) groups is 2. The van der Waals surface area contributed by atoms with Crippen LogP contribution in [-0.2, 0) is 26.2 Å². The van der Waals surface area contributed by atoms with Gasteiger partial charge in [-0.2, -0.15) is 0 Å². The maximum absolute atomic E-state index is 13.1. The molecule has 6 nitrogen and oxygen atoms in total. The molecule has 8 heteroatoms. The van der Waals surface area contributed by atoms with E-state index in [1.807, 2.05) is 45.0 Å². The zero-order valence-electron chi connectivity index (χ0n) is 16.4. The van der Waals surface area contributed by atoms with Crippen LogP contribution in [0.1, 0.15) is 30.5 Å². The summed E-state index contributed by atoms with van der Waals surface area (Å²) in [6, 6.07) is 13.4. The summed E-state index contributed by atoms with van der Waals surface area (Å²) < 4.78 is 22.8. The summed E-state index contributed by atoms with van der Waals surface area (Å²) in [6.07, 6.45) is 0. The second-order valence-corrected chi connectivity index (χ2v) is 10.3. The highest BCUT2D eigenvalue weighted by Crippen LogP contribution is 2.38. The Hall–Kier alpha value is -2.42. The summed E-state index contributed by atoms with van der Waals surface area (Å²) in [5.41, 5.74) is 2.83. The van der Waals surface area contributed by atoms with Crippen molar-refractivity contribution in [1.82, 2.24) is 4.90 Å². The Bertz CT molecular complexity index is 1090. The van der Waals surface area contributed by atoms with Crippen LogP contribution in [-0.4, -0.2) is 30.4 Å². The molecule has 2 amide bonds. The van der Waals surface area contributed by atoms with Crippen LogP contribution in [0, 0.1) is 6.92 Å². The molecule has 0 saturated heterocycles. The van der Waals surface area contributed by atoms with Crippen LogP contribution in [0.25, 0.3) is 5.57 Å². The average molecular weight is 431 g/mol. The van der Waals surface area contributed by atoms with Crippen molar-refractivity contribution < 1.29 is 18.0 Å². The van der Waals surface area contributed by atoms with Gasteiger partial charge in [0, 0.05) is 5.25 Å². The summed E-state index contributed by atoms with van der Waals surface area (Å²) in [5.74, 6) is -0.683. The van der Waals surface area contributed by atoms with Gasteiger partial charge in [0.2, 0.25) is 10.0 Å². The maximum Gasteiger partial charge on any atom is 0.268 e. The van der Waals surface area contributed by atoms with E-state index in [1.165, 1.54) is 28.8 Å². The molecular weight excluding hydrogens is 408 g/mol. The van der Waals surface area contributed by atoms with Crippen LogP contribution in [0.15, 0.2) is 58.3 Å². The summed E-state index contributed by atoms with van der Waals surface area (Å²) in [5, 5.41) is 5.25. The first-order valence-electron chi connectivity index (χ1n) is 9.04. The standard InChI is InChI=1S/C21H22N2O4S2/c1-13(2)28-19-18(16-8-4-14(3)5-9-16)20(24)23(21(19)25)12-15-6-10-17(11-7-15)29(22,26)27/h4-11,13H,12H2,1-3H3,(H2,22,26,27). The monoisotopic (exact) mass is 430 g/mol. The minimum atomic E-state index is -3.80. The Morgan fingerprint density at radius 1 is 0.966 bits per heavy atom. The Balaban J connectivity index is 1.93. The Kier molecular flexibility index (Phi) is 5.97. The Morgan fingerprint density at radius 2 is 1.55 bits per heavy atom. The number of sulfonamides is 1. The second kappa shape index (κ2) is 8.14. The van der Waals surface area contributed by atoms with Gasteiger partial charge in [-0.25, -0.2) is 13.6 Å². The fraction of sp³-hybridized carbons (Fsp3) is 0.238. The van der Waals surface area contributed by atoms with Crippen LogP contribution in [0.3, 0.4) is 0 Å². The molecule has 1 aliphatic heterocycles. The summed E-state index contributed by atoms with van der Waals surface area (Å²) in [7, 11) is -3.80. The van der Waals surface area contributed by atoms with E-state index in [2.05, 4.69) is 0 Å². The number of primary sulfonamides is 1. The molecule has 29 heavy (non-hydrogen) atoms. The van der Waals surface area contributed by atoms with E-state index < -0.39 is 10.0 Å². The third-order valence-corrected chi connectivity index (χ3v) is 6.43. The number of aryl methyl sites for hydroxylation is 1. The third kappa shape index (κ3) is 4.60. The highest BCUT2D eigenvalue weighted by atomic mass is 32.2. The molecule has 2 aromatic carbocycles. The smallest absolute Gasteiger partial charge is 0.268 e. The fourth-order valence-electron chi connectivity index (χ4n) is 2.98. The van der Waals surface area contributed by atoms with Gasteiger partial charge in [0.05, 0.1) is 21.9 Å². The lowest BCUT2D eigenvalue weighted by atomic mass is 10.0. The summed E-state index contributed by atoms with van der Waals surface area (Å²) >= 11 is 1.37. The molecule has 152 valence electrons. The number of hydrogen-bond acceptors (Lipinski definition) is 5. The lowest BCUT2D eigenvalue weighted by Gasteiger charge is -2.15. The van der Waals surface area contributed by atoms with Crippen molar-refractivity contribution in [2.75, 3.05) is 0 Å². The normalized spacial score (nSPS) is 15.0. The number of thioether (sulfide) groups is 1. The third-order valence-electron chi connectivity index (χ3n) is 4.41. The minimum absolute atomic E-state index is 0.0187. The van der Waals surface area contributed by atoms with E-state index in [4.69, 9.17) is 5.14 Å². The molecule has 0 saturated carbocycles. The van der Waals surface area contributed by atoms with Crippen LogP contribution < -0.4 is 5.14 Å². The number of nitrogens with zero attached hydrogens (tertiary/aromatic N) is 1. The zero-order valence-corrected chi connectivity index (χ0v) is 18.0. The van der Waals surface area contributed by atoms with E-state index in [9.17, 15) is 18.0 Å². The summed E-state index contributed by atoms with van der Waals surface area (Å²) in [6.45, 7) is 5.95. The molecule has 0 aromatic heterocycles. The number of carbonyl (C=O) groups excluding carboxylic acids is 2. The predicted octanol–water partition coefficient (Wildman–Crippen LogP) is 3.06. The van der Waals surface area contributed by atoms with E-state index in [1.54, 1.807) is 12.1 Å². The molecule has 0 radical (unpaired) electrons. The zero-order chi connectivity index (χ0) is 21.3. The van der Waals surface area contributed by atoms with Gasteiger partial charge in [-0.15, -0.1) is 11.8 Å². The van der Waals surface area contributed by atoms with Crippen LogP contribution in [0.4, 0.5) is 0 Å². The molecular formula is C21H22N2O4S2. The van der Waals surface area contributed by atoms with Crippen molar-refractivity contribution in [2.24, 2.45) is 5.14 Å². The van der Waals surface area contributed by atoms with E-state index in [-0.39, 0.29) is 28.5 Å². The first kappa shape index (κ1) is 21.3. The molecule has 2 aromatic rings. The molecule has 0 unspecified atom stereocenters. The van der Waals surface area contributed by atoms with Gasteiger partial charge >= 0.3 is 0 Å². The van der Waals surface area contributed by atoms with Crippen LogP contribution in [0.2, 0.25) is 0 Å². The van der Waals surface area contributed by atoms with Gasteiger partial charge in [-0.3, -0.25) is 14.5 Å². The summed E-state index contributed by atoms with van der Waals surface area (Å²) in [4.78, 5) is 27.8. The predicted molar refractivity (Wildman–Crippen MR) is 114 cm³/mol. The van der Waals surface area contributed by atoms with Crippen molar-refractivity contribution in [3.05, 3.63) is 70.1 Å². The molecule has 0 spiro atoms. The van der Waals surface area contributed by atoms with E-state index in [0.29, 0.717) is 21.6 Å². The number of imide groups is 1. The van der Waals surface area contributed by atoms with Crippen molar-refractivity contribution >= 4 is 39.2 Å².